The van der Waals surface area contributed by atoms with Crippen LogP contribution in [0, 0.1) is 5.82 Å². The molecule has 0 saturated carbocycles. The predicted molar refractivity (Wildman–Crippen MR) is 109 cm³/mol. The Bertz CT molecular complexity index is 1110. The van der Waals surface area contributed by atoms with Crippen molar-refractivity contribution in [2.75, 3.05) is 23.3 Å². The lowest BCUT2D eigenvalue weighted by molar-refractivity contribution is 0.614. The smallest absolute Gasteiger partial charge is 0.229 e. The van der Waals surface area contributed by atoms with Gasteiger partial charge in [-0.25, -0.2) is 19.3 Å². The van der Waals surface area contributed by atoms with Gasteiger partial charge >= 0.3 is 0 Å². The number of fused-ring (bicyclic) bond motifs is 3. The van der Waals surface area contributed by atoms with Gasteiger partial charge in [0.1, 0.15) is 5.82 Å². The van der Waals surface area contributed by atoms with E-state index >= 15 is 0 Å². The number of anilines is 3. The van der Waals surface area contributed by atoms with Crippen LogP contribution in [0.5, 0.6) is 0 Å². The van der Waals surface area contributed by atoms with Crippen LogP contribution in [0.15, 0.2) is 43.0 Å². The molecule has 0 atom stereocenters. The zero-order chi connectivity index (χ0) is 19.6. The third-order valence-corrected chi connectivity index (χ3v) is 5.73. The number of aromatic amines is 1. The third kappa shape index (κ3) is 3.66. The van der Waals surface area contributed by atoms with E-state index in [9.17, 15) is 4.39 Å². The molecule has 0 bridgehead atoms. The number of H-pyrrole nitrogens is 1. The van der Waals surface area contributed by atoms with Crippen molar-refractivity contribution in [1.82, 2.24) is 30.1 Å². The summed E-state index contributed by atoms with van der Waals surface area (Å²) in [5.41, 5.74) is 2.95. The van der Waals surface area contributed by atoms with Crippen LogP contribution in [0.4, 0.5) is 21.3 Å². The molecule has 0 radical (unpaired) electrons. The van der Waals surface area contributed by atoms with Crippen LogP contribution >= 0.6 is 11.3 Å². The van der Waals surface area contributed by atoms with E-state index in [2.05, 4.69) is 35.4 Å². The quantitative estimate of drug-likeness (QED) is 0.523. The van der Waals surface area contributed by atoms with Gasteiger partial charge in [-0.15, -0.1) is 11.3 Å². The summed E-state index contributed by atoms with van der Waals surface area (Å²) in [4.78, 5) is 20.5. The molecule has 0 spiro atoms. The van der Waals surface area contributed by atoms with Crippen LogP contribution in [-0.4, -0.2) is 43.2 Å². The Morgan fingerprint density at radius 2 is 2.07 bits per heavy atom. The number of rotatable bonds is 5. The first-order chi connectivity index (χ1) is 14.3. The molecule has 0 fully saturated rings. The number of halogens is 1. The lowest BCUT2D eigenvalue weighted by Crippen LogP contribution is -2.28. The van der Waals surface area contributed by atoms with Crippen molar-refractivity contribution in [1.29, 1.82) is 0 Å². The van der Waals surface area contributed by atoms with Crippen LogP contribution < -0.4 is 10.2 Å². The second-order valence-electron chi connectivity index (χ2n) is 6.58. The minimum atomic E-state index is -0.473. The van der Waals surface area contributed by atoms with E-state index in [-0.39, 0.29) is 0 Å². The van der Waals surface area contributed by atoms with Gasteiger partial charge in [-0.05, 0) is 12.1 Å². The summed E-state index contributed by atoms with van der Waals surface area (Å²) in [6.07, 6.45) is 7.60. The first-order valence-electron chi connectivity index (χ1n) is 9.19. The summed E-state index contributed by atoms with van der Waals surface area (Å²) in [6.45, 7) is 1.69. The predicted octanol–water partition coefficient (Wildman–Crippen LogP) is 3.21. The van der Waals surface area contributed by atoms with Crippen molar-refractivity contribution in [3.63, 3.8) is 0 Å². The van der Waals surface area contributed by atoms with Crippen molar-refractivity contribution in [2.45, 2.75) is 12.8 Å². The Labute approximate surface area is 169 Å². The van der Waals surface area contributed by atoms with Crippen molar-refractivity contribution in [3.8, 4) is 11.3 Å². The summed E-state index contributed by atoms with van der Waals surface area (Å²) >= 11 is 1.55. The highest BCUT2D eigenvalue weighted by molar-refractivity contribution is 7.16. The van der Waals surface area contributed by atoms with E-state index in [1.165, 1.54) is 0 Å². The Hall–Kier alpha value is -3.40. The second-order valence-corrected chi connectivity index (χ2v) is 7.66. The molecule has 0 aliphatic carbocycles. The zero-order valence-corrected chi connectivity index (χ0v) is 16.2. The molecule has 0 unspecified atom stereocenters. The Balaban J connectivity index is 1.37. The Kier molecular flexibility index (Phi) is 4.60. The van der Waals surface area contributed by atoms with E-state index in [0.29, 0.717) is 11.1 Å². The summed E-state index contributed by atoms with van der Waals surface area (Å²) in [6, 6.07) is 5.97. The molecule has 5 heterocycles. The summed E-state index contributed by atoms with van der Waals surface area (Å²) in [5.74, 6) is 0.814. The molecular formula is C19H17FN8S. The molecule has 29 heavy (non-hydrogen) atoms. The van der Waals surface area contributed by atoms with Crippen LogP contribution in [0.3, 0.4) is 0 Å². The van der Waals surface area contributed by atoms with Gasteiger partial charge in [0.05, 0.1) is 29.8 Å². The third-order valence-electron chi connectivity index (χ3n) is 4.70. The maximum atomic E-state index is 13.0. The van der Waals surface area contributed by atoms with Gasteiger partial charge in [0, 0.05) is 42.7 Å². The molecule has 4 aromatic rings. The van der Waals surface area contributed by atoms with Crippen molar-refractivity contribution in [3.05, 3.63) is 59.4 Å². The number of nitrogens with one attached hydrogen (secondary N) is 2. The van der Waals surface area contributed by atoms with Crippen LogP contribution in [0.25, 0.3) is 11.3 Å². The molecule has 1 aliphatic rings. The summed E-state index contributed by atoms with van der Waals surface area (Å²) in [5, 5.41) is 11.1. The van der Waals surface area contributed by atoms with Crippen LogP contribution in [0.2, 0.25) is 0 Å². The first kappa shape index (κ1) is 17.7. The monoisotopic (exact) mass is 408 g/mol. The van der Waals surface area contributed by atoms with E-state index in [1.54, 1.807) is 11.3 Å². The van der Waals surface area contributed by atoms with Gasteiger partial charge in [-0.2, -0.15) is 5.10 Å². The second kappa shape index (κ2) is 7.55. The maximum Gasteiger partial charge on any atom is 0.229 e. The van der Waals surface area contributed by atoms with Crippen LogP contribution in [-0.2, 0) is 12.8 Å². The van der Waals surface area contributed by atoms with Crippen molar-refractivity contribution < 1.29 is 4.39 Å². The number of aromatic nitrogens is 6. The average molecular weight is 408 g/mol. The fourth-order valence-corrected chi connectivity index (χ4v) is 4.28. The van der Waals surface area contributed by atoms with Crippen molar-refractivity contribution in [2.24, 2.45) is 0 Å². The standard InChI is InChI=1S/C19H17FN8S/c20-12-9-22-18(23-10-12)26-19-25-16-14-11-24-27-17(14)28(8-5-15(16)29-19)7-4-13-3-1-2-6-21-13/h1-3,6,9-11H,4-5,7-8H2,(H,24,27)(H,22,23,25,26). The van der Waals surface area contributed by atoms with Gasteiger partial charge in [0.25, 0.3) is 0 Å². The summed E-state index contributed by atoms with van der Waals surface area (Å²) < 4.78 is 13.0. The molecule has 5 rings (SSSR count). The molecule has 2 N–H and O–H groups in total. The van der Waals surface area contributed by atoms with Gasteiger partial charge < -0.3 is 10.2 Å². The maximum absolute atomic E-state index is 13.0. The molecule has 1 aliphatic heterocycles. The molecule has 0 saturated heterocycles. The minimum Gasteiger partial charge on any atom is -0.356 e. The fourth-order valence-electron chi connectivity index (χ4n) is 3.32. The van der Waals surface area contributed by atoms with Gasteiger partial charge in [0.2, 0.25) is 5.95 Å². The Morgan fingerprint density at radius 3 is 2.90 bits per heavy atom. The fraction of sp³-hybridized carbons (Fsp3) is 0.211. The number of pyridine rings is 1. The van der Waals surface area contributed by atoms with Gasteiger partial charge in [-0.1, -0.05) is 6.07 Å². The molecule has 0 aromatic carbocycles. The lowest BCUT2D eigenvalue weighted by atomic mass is 10.2. The lowest BCUT2D eigenvalue weighted by Gasteiger charge is -2.21. The average Bonchev–Trinajstić information content (AvgIpc) is 3.35. The molecule has 0 amide bonds. The van der Waals surface area contributed by atoms with E-state index < -0.39 is 5.82 Å². The highest BCUT2D eigenvalue weighted by Gasteiger charge is 2.25. The molecule has 8 nitrogen and oxygen atoms in total. The number of nitrogens with zero attached hydrogens (tertiary/aromatic N) is 6. The molecule has 4 aromatic heterocycles. The minimum absolute atomic E-state index is 0.319. The molecular weight excluding hydrogens is 391 g/mol. The molecule has 10 heteroatoms. The number of hydrogen-bond donors (Lipinski definition) is 2. The van der Waals surface area contributed by atoms with Gasteiger partial charge in [0.15, 0.2) is 10.9 Å². The zero-order valence-electron chi connectivity index (χ0n) is 15.3. The number of hydrogen-bond acceptors (Lipinski definition) is 8. The van der Waals surface area contributed by atoms with E-state index in [0.717, 1.165) is 66.0 Å². The SMILES string of the molecule is Fc1cnc(Nc2nc3c(s2)CCN(CCc2ccccn2)c2[nH]ncc2-3)nc1. The normalized spacial score (nSPS) is 12.9. The highest BCUT2D eigenvalue weighted by Crippen LogP contribution is 2.39. The van der Waals surface area contributed by atoms with Crippen molar-refractivity contribution >= 4 is 28.2 Å². The Morgan fingerprint density at radius 1 is 1.17 bits per heavy atom. The molecule has 146 valence electrons. The largest absolute Gasteiger partial charge is 0.356 e. The van der Waals surface area contributed by atoms with Crippen LogP contribution in [0.1, 0.15) is 10.6 Å². The first-order valence-corrected chi connectivity index (χ1v) is 10.0. The summed E-state index contributed by atoms with van der Waals surface area (Å²) in [7, 11) is 0. The number of thiazole rings is 1. The van der Waals surface area contributed by atoms with E-state index in [1.807, 2.05) is 30.6 Å². The van der Waals surface area contributed by atoms with Gasteiger partial charge in [-0.3, -0.25) is 10.1 Å². The topological polar surface area (TPSA) is 95.5 Å². The highest BCUT2D eigenvalue weighted by atomic mass is 32.1. The van der Waals surface area contributed by atoms with E-state index in [4.69, 9.17) is 4.98 Å².